The van der Waals surface area contributed by atoms with E-state index in [2.05, 4.69) is 15.0 Å². The van der Waals surface area contributed by atoms with E-state index in [9.17, 15) is 18.3 Å². The molecule has 220 valence electrons. The van der Waals surface area contributed by atoms with Crippen LogP contribution in [0.5, 0.6) is 5.75 Å². The Morgan fingerprint density at radius 1 is 1.07 bits per heavy atom. The van der Waals surface area contributed by atoms with E-state index in [1.165, 1.54) is 0 Å². The highest BCUT2D eigenvalue weighted by Crippen LogP contribution is 2.57. The van der Waals surface area contributed by atoms with Crippen LogP contribution in [0.1, 0.15) is 54.1 Å². The summed E-state index contributed by atoms with van der Waals surface area (Å²) in [4.78, 5) is 6.77. The van der Waals surface area contributed by atoms with Crippen LogP contribution in [-0.2, 0) is 36.0 Å². The summed E-state index contributed by atoms with van der Waals surface area (Å²) >= 11 is 0. The number of alkyl halides is 3. The Kier molecular flexibility index (Phi) is 7.82. The Hall–Kier alpha value is -2.95. The molecule has 1 saturated carbocycles. The molecule has 3 atom stereocenters. The second-order valence-electron chi connectivity index (χ2n) is 11.7. The van der Waals surface area contributed by atoms with Crippen LogP contribution in [0.15, 0.2) is 53.1 Å². The van der Waals surface area contributed by atoms with E-state index < -0.39 is 17.2 Å². The lowest BCUT2D eigenvalue weighted by Gasteiger charge is -2.53. The molecule has 1 aliphatic heterocycles. The molecule has 2 fully saturated rings. The number of rotatable bonds is 8. The summed E-state index contributed by atoms with van der Waals surface area (Å²) in [7, 11) is 0. The number of hydrogen-bond donors (Lipinski definition) is 1. The van der Waals surface area contributed by atoms with Crippen molar-refractivity contribution in [1.29, 1.82) is 0 Å². The molecule has 2 aliphatic carbocycles. The summed E-state index contributed by atoms with van der Waals surface area (Å²) in [5.74, 6) is 1.43. The van der Waals surface area contributed by atoms with Gasteiger partial charge in [-0.3, -0.25) is 4.90 Å². The maximum atomic E-state index is 13.8. The first-order chi connectivity index (χ1) is 19.7. The molecule has 2 aromatic carbocycles. The second kappa shape index (κ2) is 11.4. The smallest absolute Gasteiger partial charge is 0.417 e. The van der Waals surface area contributed by atoms with Crippen molar-refractivity contribution in [2.75, 3.05) is 32.8 Å². The highest BCUT2D eigenvalue weighted by molar-refractivity contribution is 5.45. The second-order valence-corrected chi connectivity index (χ2v) is 11.7. The first-order valence-corrected chi connectivity index (χ1v) is 14.4. The van der Waals surface area contributed by atoms with Crippen LogP contribution >= 0.6 is 0 Å². The number of halogens is 3. The van der Waals surface area contributed by atoms with Crippen LogP contribution in [0.25, 0.3) is 0 Å². The van der Waals surface area contributed by atoms with Crippen LogP contribution in [0.3, 0.4) is 0 Å². The van der Waals surface area contributed by atoms with E-state index in [-0.39, 0.29) is 31.8 Å². The lowest BCUT2D eigenvalue weighted by molar-refractivity contribution is -0.279. The van der Waals surface area contributed by atoms with Crippen molar-refractivity contribution in [3.8, 4) is 5.75 Å². The molecule has 41 heavy (non-hydrogen) atoms. The van der Waals surface area contributed by atoms with Crippen molar-refractivity contribution >= 4 is 0 Å². The normalized spacial score (nSPS) is 26.8. The summed E-state index contributed by atoms with van der Waals surface area (Å²) < 4.78 is 58.4. The van der Waals surface area contributed by atoms with Gasteiger partial charge in [0.15, 0.2) is 12.2 Å². The summed E-state index contributed by atoms with van der Waals surface area (Å²) in [5, 5.41) is 14.7. The molecule has 6 rings (SSSR count). The van der Waals surface area contributed by atoms with Gasteiger partial charge in [-0.15, -0.1) is 0 Å². The molecule has 1 aromatic heterocycles. The van der Waals surface area contributed by atoms with Crippen molar-refractivity contribution in [2.24, 2.45) is 5.92 Å². The van der Waals surface area contributed by atoms with E-state index >= 15 is 0 Å². The topological polar surface area (TPSA) is 80.9 Å². The van der Waals surface area contributed by atoms with E-state index in [0.717, 1.165) is 49.5 Å². The molecule has 7 nitrogen and oxygen atoms in total. The monoisotopic (exact) mass is 571 g/mol. The van der Waals surface area contributed by atoms with Gasteiger partial charge in [0.1, 0.15) is 5.75 Å². The third kappa shape index (κ3) is 5.87. The number of nitrogens with zero attached hydrogens (tertiary/aromatic N) is 3. The van der Waals surface area contributed by atoms with Gasteiger partial charge in [0, 0.05) is 31.5 Å². The predicted molar refractivity (Wildman–Crippen MR) is 145 cm³/mol. The average molecular weight is 572 g/mol. The van der Waals surface area contributed by atoms with Crippen LogP contribution in [0.4, 0.5) is 13.2 Å². The van der Waals surface area contributed by atoms with E-state index in [0.29, 0.717) is 43.1 Å². The molecule has 0 radical (unpaired) electrons. The van der Waals surface area contributed by atoms with E-state index in [1.807, 2.05) is 48.5 Å². The molecule has 1 N–H and O–H groups in total. The third-order valence-electron chi connectivity index (χ3n) is 9.24. The standard InChI is InChI=1S/C31H36F3N3O4/c32-31(33,34)30(38)12-11-29(19-22-4-2-1-3-5-22)24(20-30)7-6-23-18-25(8-9-26(23)29)40-21-27-35-28(41-36-27)10-13-37-14-16-39-17-15-37/h1-5,8-9,18,24,38H,6-7,10-17,19-21H2/t24-,29+,30-/m1/s1. The first kappa shape index (κ1) is 28.2. The minimum absolute atomic E-state index is 0.163. The maximum absolute atomic E-state index is 13.8. The fourth-order valence-corrected chi connectivity index (χ4v) is 6.98. The van der Waals surface area contributed by atoms with E-state index in [1.54, 1.807) is 0 Å². The van der Waals surface area contributed by atoms with Gasteiger partial charge in [-0.1, -0.05) is 41.6 Å². The molecule has 2 heterocycles. The highest BCUT2D eigenvalue weighted by Gasteiger charge is 2.61. The molecule has 3 aromatic rings. The number of aryl methyl sites for hydroxylation is 1. The van der Waals surface area contributed by atoms with Crippen LogP contribution in [-0.4, -0.2) is 64.8 Å². The first-order valence-electron chi connectivity index (χ1n) is 14.4. The van der Waals surface area contributed by atoms with Crippen molar-refractivity contribution in [3.63, 3.8) is 0 Å². The Labute approximate surface area is 237 Å². The Morgan fingerprint density at radius 3 is 2.66 bits per heavy atom. The van der Waals surface area contributed by atoms with Gasteiger partial charge < -0.3 is 19.1 Å². The maximum Gasteiger partial charge on any atom is 0.417 e. The van der Waals surface area contributed by atoms with Crippen molar-refractivity contribution in [2.45, 2.75) is 68.7 Å². The predicted octanol–water partition coefficient (Wildman–Crippen LogP) is 5.04. The molecule has 0 amide bonds. The lowest BCUT2D eigenvalue weighted by atomic mass is 9.52. The molecular formula is C31H36F3N3O4. The largest absolute Gasteiger partial charge is 0.485 e. The number of hydrogen-bond acceptors (Lipinski definition) is 7. The zero-order valence-corrected chi connectivity index (χ0v) is 23.0. The molecule has 10 heteroatoms. The Balaban J connectivity index is 1.17. The van der Waals surface area contributed by atoms with Gasteiger partial charge in [-0.05, 0) is 73.3 Å². The summed E-state index contributed by atoms with van der Waals surface area (Å²) in [6, 6.07) is 15.8. The van der Waals surface area contributed by atoms with Gasteiger partial charge in [-0.2, -0.15) is 18.2 Å². The molecule has 1 saturated heterocycles. The van der Waals surface area contributed by atoms with Gasteiger partial charge in [0.25, 0.3) is 0 Å². The summed E-state index contributed by atoms with van der Waals surface area (Å²) in [5.41, 5.74) is 0.133. The number of fused-ring (bicyclic) bond motifs is 3. The molecule has 0 spiro atoms. The SMILES string of the molecule is O[C@]1(C(F)(F)F)CC[C@@]2(Cc3ccccc3)c3ccc(OCc4noc(CCN5CCOCC5)n4)cc3CC[C@@H]2C1. The van der Waals surface area contributed by atoms with Gasteiger partial charge in [0.05, 0.1) is 13.2 Å². The zero-order chi connectivity index (χ0) is 28.5. The highest BCUT2D eigenvalue weighted by atomic mass is 19.4. The third-order valence-corrected chi connectivity index (χ3v) is 9.24. The van der Waals surface area contributed by atoms with E-state index in [4.69, 9.17) is 14.0 Å². The number of ether oxygens (including phenoxy) is 2. The minimum atomic E-state index is -4.64. The number of aromatic nitrogens is 2. The lowest BCUT2D eigenvalue weighted by Crippen LogP contribution is -2.56. The van der Waals surface area contributed by atoms with Crippen molar-refractivity contribution in [1.82, 2.24) is 15.0 Å². The molecule has 0 unspecified atom stereocenters. The van der Waals surface area contributed by atoms with Crippen molar-refractivity contribution < 1.29 is 32.3 Å². The molecule has 3 aliphatic rings. The van der Waals surface area contributed by atoms with Crippen LogP contribution in [0, 0.1) is 5.92 Å². The fraction of sp³-hybridized carbons (Fsp3) is 0.548. The van der Waals surface area contributed by atoms with Gasteiger partial charge in [0.2, 0.25) is 11.7 Å². The average Bonchev–Trinajstić information content (AvgIpc) is 3.44. The van der Waals surface area contributed by atoms with Gasteiger partial charge in [-0.25, -0.2) is 0 Å². The minimum Gasteiger partial charge on any atom is -0.485 e. The number of aliphatic hydroxyl groups is 1. The number of morpholine rings is 1. The summed E-state index contributed by atoms with van der Waals surface area (Å²) in [6.07, 6.45) is -2.42. The molecular weight excluding hydrogens is 535 g/mol. The molecule has 0 bridgehead atoms. The number of benzene rings is 2. The van der Waals surface area contributed by atoms with Crippen LogP contribution in [0.2, 0.25) is 0 Å². The fourth-order valence-electron chi connectivity index (χ4n) is 6.98. The zero-order valence-electron chi connectivity index (χ0n) is 23.0. The van der Waals surface area contributed by atoms with Crippen molar-refractivity contribution in [3.05, 3.63) is 76.9 Å². The van der Waals surface area contributed by atoms with Gasteiger partial charge >= 0.3 is 6.18 Å². The quantitative estimate of drug-likeness (QED) is 0.406. The Morgan fingerprint density at radius 2 is 1.88 bits per heavy atom. The Bertz CT molecular complexity index is 1330. The summed E-state index contributed by atoms with van der Waals surface area (Å²) in [6.45, 7) is 4.29. The van der Waals surface area contributed by atoms with Crippen LogP contribution < -0.4 is 4.74 Å².